The minimum atomic E-state index is -0.701. The summed E-state index contributed by atoms with van der Waals surface area (Å²) in [6, 6.07) is 13.5. The SMILES string of the molecule is COC(=O)c1c(NCCCCNc2ccnc3cc(Cl)ccc23)noc1-c1ccccc1[N+](=O)[O-]. The summed E-state index contributed by atoms with van der Waals surface area (Å²) in [5, 5.41) is 23.4. The Balaban J connectivity index is 1.38. The van der Waals surface area contributed by atoms with Gasteiger partial charge in [-0.15, -0.1) is 0 Å². The number of ether oxygens (including phenoxy) is 1. The minimum Gasteiger partial charge on any atom is -0.465 e. The summed E-state index contributed by atoms with van der Waals surface area (Å²) in [5.41, 5.74) is 1.76. The van der Waals surface area contributed by atoms with E-state index < -0.39 is 10.9 Å². The molecule has 0 bridgehead atoms. The Morgan fingerprint density at radius 2 is 1.91 bits per heavy atom. The molecular formula is C24H22ClN5O5. The standard InChI is InChI=1S/C24H22ClN5O5/c1-34-24(31)21-22(17-6-2-3-7-20(17)30(32)33)35-29-23(21)28-12-5-4-11-26-18-10-13-27-19-14-15(25)8-9-16(18)19/h2-3,6-10,13-14H,4-5,11-12H2,1H3,(H,26,27)(H,28,29). The zero-order valence-corrected chi connectivity index (χ0v) is 19.5. The lowest BCUT2D eigenvalue weighted by molar-refractivity contribution is -0.384. The number of methoxy groups -OCH3 is 1. The number of carbonyl (C=O) groups is 1. The van der Waals surface area contributed by atoms with E-state index in [-0.39, 0.29) is 28.4 Å². The summed E-state index contributed by atoms with van der Waals surface area (Å²) in [7, 11) is 1.23. The molecule has 4 aromatic rings. The number of nitrogens with zero attached hydrogens (tertiary/aromatic N) is 3. The molecule has 180 valence electrons. The molecule has 2 aromatic carbocycles. The van der Waals surface area contributed by atoms with Gasteiger partial charge in [-0.1, -0.05) is 28.9 Å². The van der Waals surface area contributed by atoms with Gasteiger partial charge in [0, 0.05) is 41.4 Å². The first-order chi connectivity index (χ1) is 17.0. The van der Waals surface area contributed by atoms with E-state index in [0.29, 0.717) is 18.1 Å². The topological polar surface area (TPSA) is 132 Å². The second kappa shape index (κ2) is 10.8. The average molecular weight is 496 g/mol. The third-order valence-corrected chi connectivity index (χ3v) is 5.58. The van der Waals surface area contributed by atoms with Gasteiger partial charge in [0.05, 0.1) is 23.1 Å². The average Bonchev–Trinajstić information content (AvgIpc) is 3.29. The van der Waals surface area contributed by atoms with Gasteiger partial charge in [-0.2, -0.15) is 0 Å². The maximum absolute atomic E-state index is 12.4. The molecule has 2 aromatic heterocycles. The van der Waals surface area contributed by atoms with Crippen molar-refractivity contribution in [2.24, 2.45) is 0 Å². The molecule has 4 rings (SSSR count). The quantitative estimate of drug-likeness (QED) is 0.126. The fourth-order valence-electron chi connectivity index (χ4n) is 3.67. The number of carbonyl (C=O) groups excluding carboxylic acids is 1. The van der Waals surface area contributed by atoms with Gasteiger partial charge < -0.3 is 19.9 Å². The minimum absolute atomic E-state index is 0.0156. The molecule has 0 radical (unpaired) electrons. The highest BCUT2D eigenvalue weighted by molar-refractivity contribution is 6.31. The number of unbranched alkanes of at least 4 members (excludes halogenated alkanes) is 1. The number of rotatable bonds is 10. The zero-order valence-electron chi connectivity index (χ0n) is 18.8. The number of hydrogen-bond donors (Lipinski definition) is 2. The molecule has 35 heavy (non-hydrogen) atoms. The van der Waals surface area contributed by atoms with Gasteiger partial charge >= 0.3 is 5.97 Å². The van der Waals surface area contributed by atoms with Gasteiger partial charge in [-0.3, -0.25) is 15.1 Å². The van der Waals surface area contributed by atoms with E-state index in [2.05, 4.69) is 20.8 Å². The van der Waals surface area contributed by atoms with E-state index in [4.69, 9.17) is 20.9 Å². The Hall–Kier alpha value is -4.18. The maximum atomic E-state index is 12.4. The number of halogens is 1. The summed E-state index contributed by atoms with van der Waals surface area (Å²) in [6.45, 7) is 1.22. The molecule has 2 N–H and O–H groups in total. The lowest BCUT2D eigenvalue weighted by Crippen LogP contribution is -2.10. The van der Waals surface area contributed by atoms with E-state index in [9.17, 15) is 14.9 Å². The van der Waals surface area contributed by atoms with Crippen LogP contribution in [0.25, 0.3) is 22.2 Å². The number of esters is 1. The predicted molar refractivity (Wildman–Crippen MR) is 133 cm³/mol. The number of aromatic nitrogens is 2. The number of para-hydroxylation sites is 1. The van der Waals surface area contributed by atoms with E-state index in [1.165, 1.54) is 25.3 Å². The summed E-state index contributed by atoms with van der Waals surface area (Å²) >= 11 is 6.04. The van der Waals surface area contributed by atoms with Crippen LogP contribution in [0.15, 0.2) is 59.3 Å². The van der Waals surface area contributed by atoms with Crippen molar-refractivity contribution in [3.8, 4) is 11.3 Å². The normalized spacial score (nSPS) is 10.8. The van der Waals surface area contributed by atoms with Crippen molar-refractivity contribution in [3.63, 3.8) is 0 Å². The molecule has 0 atom stereocenters. The second-order valence-electron chi connectivity index (χ2n) is 7.58. The molecule has 0 aliphatic carbocycles. The van der Waals surface area contributed by atoms with Crippen molar-refractivity contribution in [3.05, 3.63) is 75.4 Å². The van der Waals surface area contributed by atoms with E-state index in [1.807, 2.05) is 24.3 Å². The lowest BCUT2D eigenvalue weighted by Gasteiger charge is -2.10. The molecule has 0 aliphatic heterocycles. The first-order valence-corrected chi connectivity index (χ1v) is 11.2. The van der Waals surface area contributed by atoms with Gasteiger partial charge in [-0.25, -0.2) is 4.79 Å². The summed E-state index contributed by atoms with van der Waals surface area (Å²) in [6.07, 6.45) is 3.32. The molecule has 0 spiro atoms. The van der Waals surface area contributed by atoms with Gasteiger partial charge in [0.2, 0.25) is 0 Å². The zero-order chi connectivity index (χ0) is 24.8. The number of anilines is 2. The van der Waals surface area contributed by atoms with Crippen LogP contribution >= 0.6 is 11.6 Å². The number of nitro benzene ring substituents is 1. The maximum Gasteiger partial charge on any atom is 0.345 e. The molecule has 2 heterocycles. The molecule has 0 fully saturated rings. The Kier molecular flexibility index (Phi) is 7.41. The second-order valence-corrected chi connectivity index (χ2v) is 8.02. The van der Waals surface area contributed by atoms with E-state index in [1.54, 1.807) is 12.3 Å². The van der Waals surface area contributed by atoms with E-state index >= 15 is 0 Å². The number of nitrogens with one attached hydrogen (secondary N) is 2. The number of pyridine rings is 1. The summed E-state index contributed by atoms with van der Waals surface area (Å²) in [4.78, 5) is 27.6. The molecule has 0 unspecified atom stereocenters. The van der Waals surface area contributed by atoms with Gasteiger partial charge in [0.15, 0.2) is 17.1 Å². The first-order valence-electron chi connectivity index (χ1n) is 10.8. The highest BCUT2D eigenvalue weighted by Gasteiger charge is 2.29. The van der Waals surface area contributed by atoms with Crippen molar-refractivity contribution >= 4 is 45.7 Å². The smallest absolute Gasteiger partial charge is 0.345 e. The van der Waals surface area contributed by atoms with Crippen LogP contribution in [-0.4, -0.2) is 41.2 Å². The Morgan fingerprint density at radius 1 is 1.14 bits per heavy atom. The van der Waals surface area contributed by atoms with Crippen molar-refractivity contribution in [1.29, 1.82) is 0 Å². The van der Waals surface area contributed by atoms with Crippen LogP contribution in [0.2, 0.25) is 5.02 Å². The van der Waals surface area contributed by atoms with Crippen molar-refractivity contribution in [1.82, 2.24) is 10.1 Å². The highest BCUT2D eigenvalue weighted by atomic mass is 35.5. The Bertz CT molecular complexity index is 1370. The van der Waals surface area contributed by atoms with Crippen molar-refractivity contribution < 1.29 is 19.0 Å². The van der Waals surface area contributed by atoms with Crippen LogP contribution in [0.4, 0.5) is 17.2 Å². The highest BCUT2D eigenvalue weighted by Crippen LogP contribution is 2.35. The number of fused-ring (bicyclic) bond motifs is 1. The van der Waals surface area contributed by atoms with Crippen LogP contribution in [-0.2, 0) is 4.74 Å². The van der Waals surface area contributed by atoms with E-state index in [0.717, 1.165) is 29.4 Å². The Labute approximate surface area is 205 Å². The number of benzene rings is 2. The van der Waals surface area contributed by atoms with Crippen LogP contribution in [0.1, 0.15) is 23.2 Å². The molecule has 0 saturated carbocycles. The molecule has 10 nitrogen and oxygen atoms in total. The van der Waals surface area contributed by atoms with Crippen LogP contribution in [0.3, 0.4) is 0 Å². The largest absolute Gasteiger partial charge is 0.465 e. The van der Waals surface area contributed by atoms with Crippen LogP contribution in [0, 0.1) is 10.1 Å². The third-order valence-electron chi connectivity index (χ3n) is 5.34. The fraction of sp³-hybridized carbons (Fsp3) is 0.208. The first kappa shape index (κ1) is 24.0. The van der Waals surface area contributed by atoms with Crippen LogP contribution in [0.5, 0.6) is 0 Å². The monoisotopic (exact) mass is 495 g/mol. The number of nitro groups is 1. The number of hydrogen-bond acceptors (Lipinski definition) is 9. The molecule has 11 heteroatoms. The summed E-state index contributed by atoms with van der Waals surface area (Å²) < 4.78 is 10.2. The fourth-order valence-corrected chi connectivity index (χ4v) is 3.83. The lowest BCUT2D eigenvalue weighted by atomic mass is 10.1. The molecule has 0 aliphatic rings. The van der Waals surface area contributed by atoms with Crippen LogP contribution < -0.4 is 10.6 Å². The predicted octanol–water partition coefficient (Wildman–Crippen LogP) is 5.54. The van der Waals surface area contributed by atoms with Crippen molar-refractivity contribution in [2.75, 3.05) is 30.8 Å². The Morgan fingerprint density at radius 3 is 2.69 bits per heavy atom. The molecule has 0 saturated heterocycles. The summed E-state index contributed by atoms with van der Waals surface area (Å²) in [5.74, 6) is -0.541. The molecular weight excluding hydrogens is 474 g/mol. The van der Waals surface area contributed by atoms with Gasteiger partial charge in [0.1, 0.15) is 0 Å². The van der Waals surface area contributed by atoms with Gasteiger partial charge in [-0.05, 0) is 43.2 Å². The van der Waals surface area contributed by atoms with Gasteiger partial charge in [0.25, 0.3) is 5.69 Å². The third kappa shape index (κ3) is 5.33. The van der Waals surface area contributed by atoms with Crippen molar-refractivity contribution in [2.45, 2.75) is 12.8 Å². The molecule has 0 amide bonds.